The van der Waals surface area contributed by atoms with Gasteiger partial charge in [-0.05, 0) is 41.5 Å². The van der Waals surface area contributed by atoms with Crippen molar-refractivity contribution in [1.29, 1.82) is 0 Å². The lowest BCUT2D eigenvalue weighted by molar-refractivity contribution is -0.140. The van der Waals surface area contributed by atoms with Crippen molar-refractivity contribution < 1.29 is 9.53 Å². The van der Waals surface area contributed by atoms with Gasteiger partial charge in [-0.2, -0.15) is 0 Å². The lowest BCUT2D eigenvalue weighted by atomic mass is 10.0. The summed E-state index contributed by atoms with van der Waals surface area (Å²) in [6.07, 6.45) is 1.88. The van der Waals surface area contributed by atoms with E-state index in [1.807, 2.05) is 71.4 Å². The molecule has 160 valence electrons. The molecule has 3 aromatic heterocycles. The van der Waals surface area contributed by atoms with Gasteiger partial charge in [0.15, 0.2) is 4.80 Å². The fraction of sp³-hybridized carbons (Fsp3) is 0.125. The maximum atomic E-state index is 13.4. The smallest absolute Gasteiger partial charge is 0.338 e. The van der Waals surface area contributed by atoms with Crippen LogP contribution in [-0.4, -0.2) is 10.5 Å². The topological polar surface area (TPSA) is 60.7 Å². The Kier molecular flexibility index (Phi) is 5.73. The molecule has 0 unspecified atom stereocenters. The normalized spacial score (nSPS) is 16.0. The molecule has 1 atom stereocenters. The van der Waals surface area contributed by atoms with Crippen LogP contribution in [0, 0.1) is 0 Å². The van der Waals surface area contributed by atoms with Crippen molar-refractivity contribution in [2.75, 3.05) is 0 Å². The molecule has 5 rings (SSSR count). The van der Waals surface area contributed by atoms with Crippen molar-refractivity contribution in [3.63, 3.8) is 0 Å². The zero-order chi connectivity index (χ0) is 22.1. The summed E-state index contributed by atoms with van der Waals surface area (Å²) in [5, 5.41) is 3.92. The fourth-order valence-electron chi connectivity index (χ4n) is 3.60. The van der Waals surface area contributed by atoms with Gasteiger partial charge in [-0.3, -0.25) is 9.36 Å². The number of benzene rings is 1. The molecule has 0 saturated carbocycles. The molecule has 0 spiro atoms. The number of nitrogens with zero attached hydrogens (tertiary/aromatic N) is 2. The molecule has 1 aromatic carbocycles. The molecule has 1 aliphatic heterocycles. The third-order valence-electron chi connectivity index (χ3n) is 5.08. The Balaban J connectivity index is 1.59. The summed E-state index contributed by atoms with van der Waals surface area (Å²) in [7, 11) is 0. The van der Waals surface area contributed by atoms with Gasteiger partial charge in [-0.25, -0.2) is 9.79 Å². The highest BCUT2D eigenvalue weighted by Crippen LogP contribution is 2.33. The number of hydrogen-bond donors (Lipinski definition) is 0. The largest absolute Gasteiger partial charge is 0.457 e. The number of ether oxygens (including phenoxy) is 1. The Hall–Kier alpha value is -3.07. The van der Waals surface area contributed by atoms with Crippen LogP contribution in [0.3, 0.4) is 0 Å². The number of aromatic nitrogens is 1. The zero-order valence-corrected chi connectivity index (χ0v) is 19.5. The predicted molar refractivity (Wildman–Crippen MR) is 129 cm³/mol. The number of fused-ring (bicyclic) bond motifs is 1. The highest BCUT2D eigenvalue weighted by atomic mass is 32.1. The van der Waals surface area contributed by atoms with Gasteiger partial charge in [0, 0.05) is 9.75 Å². The van der Waals surface area contributed by atoms with Crippen molar-refractivity contribution >= 4 is 46.1 Å². The van der Waals surface area contributed by atoms with Crippen molar-refractivity contribution in [1.82, 2.24) is 4.57 Å². The van der Waals surface area contributed by atoms with Gasteiger partial charge >= 0.3 is 5.97 Å². The van der Waals surface area contributed by atoms with Gasteiger partial charge in [0.05, 0.1) is 15.8 Å². The van der Waals surface area contributed by atoms with Gasteiger partial charge in [0.25, 0.3) is 5.56 Å². The van der Waals surface area contributed by atoms with E-state index in [9.17, 15) is 9.59 Å². The second-order valence-electron chi connectivity index (χ2n) is 7.17. The van der Waals surface area contributed by atoms with Crippen LogP contribution < -0.4 is 14.9 Å². The molecule has 0 bridgehead atoms. The molecule has 8 heteroatoms. The summed E-state index contributed by atoms with van der Waals surface area (Å²) in [6, 6.07) is 16.8. The van der Waals surface area contributed by atoms with Crippen LogP contribution in [0.25, 0.3) is 6.08 Å². The molecule has 0 N–H and O–H groups in total. The van der Waals surface area contributed by atoms with E-state index in [-0.39, 0.29) is 12.2 Å². The molecular formula is C24H18N2O3S3. The second-order valence-corrected chi connectivity index (χ2v) is 10.1. The third kappa shape index (κ3) is 3.92. The van der Waals surface area contributed by atoms with Gasteiger partial charge in [0.2, 0.25) is 0 Å². The highest BCUT2D eigenvalue weighted by Gasteiger charge is 2.34. The third-order valence-corrected chi connectivity index (χ3v) is 7.81. The van der Waals surface area contributed by atoms with Gasteiger partial charge < -0.3 is 4.74 Å². The second kappa shape index (κ2) is 8.82. The van der Waals surface area contributed by atoms with E-state index in [2.05, 4.69) is 4.99 Å². The first kappa shape index (κ1) is 20.8. The molecule has 1 aliphatic rings. The van der Waals surface area contributed by atoms with Gasteiger partial charge in [-0.15, -0.1) is 22.7 Å². The maximum Gasteiger partial charge on any atom is 0.338 e. The highest BCUT2D eigenvalue weighted by molar-refractivity contribution is 7.11. The molecular weight excluding hydrogens is 460 g/mol. The number of esters is 1. The monoisotopic (exact) mass is 478 g/mol. The van der Waals surface area contributed by atoms with Gasteiger partial charge in [-0.1, -0.05) is 53.8 Å². The Morgan fingerprint density at radius 3 is 2.59 bits per heavy atom. The average molecular weight is 479 g/mol. The minimum atomic E-state index is -0.556. The average Bonchev–Trinajstić information content (AvgIpc) is 3.55. The van der Waals surface area contributed by atoms with Crippen LogP contribution in [-0.2, 0) is 16.1 Å². The van der Waals surface area contributed by atoms with E-state index in [4.69, 9.17) is 4.74 Å². The summed E-state index contributed by atoms with van der Waals surface area (Å²) >= 11 is 4.42. The minimum absolute atomic E-state index is 0.151. The van der Waals surface area contributed by atoms with Crippen molar-refractivity contribution in [3.8, 4) is 0 Å². The quantitative estimate of drug-likeness (QED) is 0.406. The first-order chi connectivity index (χ1) is 15.6. The standard InChI is InChI=1S/C24H18N2O3S3/c1-15-20(23(28)29-14-16-7-3-2-4-8-16)21(18-10-6-12-31-18)26-22(27)19(32-24(26)25-15)13-17-9-5-11-30-17/h2-13,21H,14H2,1H3/b19-13+/t21-/m1/s1. The first-order valence-electron chi connectivity index (χ1n) is 9.92. The van der Waals surface area contributed by atoms with Crippen LogP contribution in [0.15, 0.2) is 86.4 Å². The first-order valence-corrected chi connectivity index (χ1v) is 12.5. The molecule has 0 aliphatic carbocycles. The summed E-state index contributed by atoms with van der Waals surface area (Å²) < 4.78 is 7.87. The van der Waals surface area contributed by atoms with Crippen LogP contribution in [0.1, 0.15) is 28.3 Å². The van der Waals surface area contributed by atoms with Crippen molar-refractivity contribution in [2.45, 2.75) is 19.6 Å². The molecule has 4 heterocycles. The Morgan fingerprint density at radius 2 is 1.88 bits per heavy atom. The van der Waals surface area contributed by atoms with Crippen molar-refractivity contribution in [2.24, 2.45) is 4.99 Å². The summed E-state index contributed by atoms with van der Waals surface area (Å²) in [5.41, 5.74) is 1.73. The van der Waals surface area contributed by atoms with E-state index in [0.717, 1.165) is 15.3 Å². The number of hydrogen-bond acceptors (Lipinski definition) is 7. The summed E-state index contributed by atoms with van der Waals surface area (Å²) in [4.78, 5) is 33.7. The maximum absolute atomic E-state index is 13.4. The summed E-state index contributed by atoms with van der Waals surface area (Å²) in [6.45, 7) is 1.96. The van der Waals surface area contributed by atoms with Crippen LogP contribution in [0.2, 0.25) is 0 Å². The summed E-state index contributed by atoms with van der Waals surface area (Å²) in [5.74, 6) is -0.457. The number of carbonyl (C=O) groups excluding carboxylic acids is 1. The Labute approximate surface area is 195 Å². The van der Waals surface area contributed by atoms with Crippen LogP contribution >= 0.6 is 34.0 Å². The lowest BCUT2D eigenvalue weighted by Crippen LogP contribution is -2.39. The predicted octanol–water partition coefficient (Wildman–Crippen LogP) is 4.10. The van der Waals surface area contributed by atoms with E-state index < -0.39 is 12.0 Å². The van der Waals surface area contributed by atoms with E-state index >= 15 is 0 Å². The van der Waals surface area contributed by atoms with Crippen molar-refractivity contribution in [3.05, 3.63) is 112 Å². The zero-order valence-electron chi connectivity index (χ0n) is 17.1. The number of thiophene rings is 2. The van der Waals surface area contributed by atoms with Crippen LogP contribution in [0.4, 0.5) is 0 Å². The molecule has 0 amide bonds. The van der Waals surface area contributed by atoms with E-state index in [0.29, 0.717) is 20.6 Å². The lowest BCUT2D eigenvalue weighted by Gasteiger charge is -2.23. The Morgan fingerprint density at radius 1 is 1.09 bits per heavy atom. The number of carbonyl (C=O) groups is 1. The Bertz CT molecular complexity index is 1460. The molecule has 0 fully saturated rings. The van der Waals surface area contributed by atoms with Crippen LogP contribution in [0.5, 0.6) is 0 Å². The fourth-order valence-corrected chi connectivity index (χ4v) is 6.20. The number of allylic oxidation sites excluding steroid dienone is 1. The molecule has 4 aromatic rings. The SMILES string of the molecule is CC1=C(C(=O)OCc2ccccc2)[C@@H](c2cccs2)n2c(s/c(=C/c3cccs3)c2=O)=N1. The van der Waals surface area contributed by atoms with Gasteiger partial charge in [0.1, 0.15) is 12.6 Å². The molecule has 0 radical (unpaired) electrons. The molecule has 5 nitrogen and oxygen atoms in total. The number of rotatable bonds is 5. The molecule has 32 heavy (non-hydrogen) atoms. The minimum Gasteiger partial charge on any atom is -0.457 e. The van der Waals surface area contributed by atoms with E-state index in [1.54, 1.807) is 22.8 Å². The number of thiazole rings is 1. The van der Waals surface area contributed by atoms with E-state index in [1.165, 1.54) is 22.7 Å². The molecule has 0 saturated heterocycles.